The molecule has 0 spiro atoms. The lowest BCUT2D eigenvalue weighted by Crippen LogP contribution is -2.46. The first-order chi connectivity index (χ1) is 7.95. The van der Waals surface area contributed by atoms with Crippen LogP contribution in [0.25, 0.3) is 0 Å². The molecule has 0 aromatic rings. The Balaban J connectivity index is 2.73. The van der Waals surface area contributed by atoms with Crippen LogP contribution in [0, 0.1) is 0 Å². The van der Waals surface area contributed by atoms with E-state index in [1.165, 1.54) is 0 Å². The second-order valence-corrected chi connectivity index (χ2v) is 6.17. The molecule has 0 radical (unpaired) electrons. The van der Waals surface area contributed by atoms with Crippen molar-refractivity contribution in [1.29, 1.82) is 0 Å². The first-order valence-electron chi connectivity index (χ1n) is 5.86. The van der Waals surface area contributed by atoms with Crippen LogP contribution in [0.1, 0.15) is 26.7 Å². The molecule has 1 saturated heterocycles. The van der Waals surface area contributed by atoms with Gasteiger partial charge in [-0.25, -0.2) is 0 Å². The summed E-state index contributed by atoms with van der Waals surface area (Å²) < 4.78 is 11.3. The predicted octanol–water partition coefficient (Wildman–Crippen LogP) is -0.119. The zero-order chi connectivity index (χ0) is 13.0. The molecule has 0 aromatic heterocycles. The first-order valence-corrected chi connectivity index (χ1v) is 7.48. The Morgan fingerprint density at radius 1 is 1.53 bits per heavy atom. The zero-order valence-corrected chi connectivity index (χ0v) is 11.4. The smallest absolute Gasteiger partial charge is 0.245 e. The third kappa shape index (κ3) is 3.80. The van der Waals surface area contributed by atoms with Crippen LogP contribution in [0.5, 0.6) is 0 Å². The molecule has 0 aliphatic carbocycles. The quantitative estimate of drug-likeness (QED) is 0.766. The number of carbonyl (C=O) groups is 2. The summed E-state index contributed by atoms with van der Waals surface area (Å²) >= 11 is 0. The number of nitrogens with one attached hydrogen (secondary N) is 1. The number of hydrogen-bond acceptors (Lipinski definition) is 3. The van der Waals surface area contributed by atoms with Gasteiger partial charge in [-0.15, -0.1) is 0 Å². The number of rotatable bonds is 4. The summed E-state index contributed by atoms with van der Waals surface area (Å²) in [6.45, 7) is 4.59. The Hall–Kier alpha value is -0.910. The highest BCUT2D eigenvalue weighted by Crippen LogP contribution is 2.08. The van der Waals surface area contributed by atoms with E-state index in [0.717, 1.165) is 0 Å². The van der Waals surface area contributed by atoms with Crippen molar-refractivity contribution in [2.24, 2.45) is 0 Å². The molecular formula is C11H20N2O3S. The van der Waals surface area contributed by atoms with Crippen LogP contribution in [0.3, 0.4) is 0 Å². The van der Waals surface area contributed by atoms with Gasteiger partial charge < -0.3 is 10.2 Å². The van der Waals surface area contributed by atoms with Gasteiger partial charge in [0.1, 0.15) is 6.04 Å². The van der Waals surface area contributed by atoms with E-state index < -0.39 is 16.8 Å². The molecule has 1 aliphatic rings. The van der Waals surface area contributed by atoms with Crippen LogP contribution in [-0.4, -0.2) is 51.6 Å². The third-order valence-electron chi connectivity index (χ3n) is 3.01. The lowest BCUT2D eigenvalue weighted by molar-refractivity contribution is -0.133. The molecule has 6 heteroatoms. The standard InChI is InChI=1S/C11H20N2O3S/c1-4-9-11(15)13(6-5-10(14)12-9)7-8(2)17(3)16/h8-9H,4-7H2,1-3H3,(H,12,14). The average molecular weight is 260 g/mol. The van der Waals surface area contributed by atoms with Crippen LogP contribution < -0.4 is 5.32 Å². The molecule has 0 aromatic carbocycles. The summed E-state index contributed by atoms with van der Waals surface area (Å²) in [6.07, 6.45) is 2.55. The molecule has 98 valence electrons. The largest absolute Gasteiger partial charge is 0.344 e. The summed E-state index contributed by atoms with van der Waals surface area (Å²) in [5, 5.41) is 2.64. The van der Waals surface area contributed by atoms with Gasteiger partial charge in [-0.3, -0.25) is 13.8 Å². The van der Waals surface area contributed by atoms with Gasteiger partial charge in [0.2, 0.25) is 11.8 Å². The molecule has 3 unspecified atom stereocenters. The molecule has 1 heterocycles. The SMILES string of the molecule is CCC1NC(=O)CCN(CC(C)S(C)=O)C1=O. The van der Waals surface area contributed by atoms with E-state index in [-0.39, 0.29) is 17.1 Å². The summed E-state index contributed by atoms with van der Waals surface area (Å²) in [5.41, 5.74) is 0. The maximum atomic E-state index is 12.1. The second kappa shape index (κ2) is 6.14. The molecule has 3 atom stereocenters. The molecule has 1 N–H and O–H groups in total. The summed E-state index contributed by atoms with van der Waals surface area (Å²) in [7, 11) is -0.954. The normalized spacial score (nSPS) is 25.1. The molecule has 1 aliphatic heterocycles. The highest BCUT2D eigenvalue weighted by Gasteiger charge is 2.29. The highest BCUT2D eigenvalue weighted by atomic mass is 32.2. The lowest BCUT2D eigenvalue weighted by atomic mass is 10.2. The lowest BCUT2D eigenvalue weighted by Gasteiger charge is -2.25. The maximum absolute atomic E-state index is 12.1. The van der Waals surface area contributed by atoms with Gasteiger partial charge in [-0.2, -0.15) is 0 Å². The first kappa shape index (κ1) is 14.2. The monoisotopic (exact) mass is 260 g/mol. The van der Waals surface area contributed by atoms with Crippen LogP contribution >= 0.6 is 0 Å². The van der Waals surface area contributed by atoms with E-state index in [1.807, 2.05) is 13.8 Å². The van der Waals surface area contributed by atoms with Gasteiger partial charge in [0.15, 0.2) is 0 Å². The Bertz CT molecular complexity index is 333. The van der Waals surface area contributed by atoms with Crippen LogP contribution in [0.2, 0.25) is 0 Å². The van der Waals surface area contributed by atoms with Gasteiger partial charge >= 0.3 is 0 Å². The van der Waals surface area contributed by atoms with Crippen LogP contribution in [0.4, 0.5) is 0 Å². The maximum Gasteiger partial charge on any atom is 0.245 e. The minimum Gasteiger partial charge on any atom is -0.344 e. The van der Waals surface area contributed by atoms with Gasteiger partial charge in [0.05, 0.1) is 0 Å². The second-order valence-electron chi connectivity index (χ2n) is 4.37. The van der Waals surface area contributed by atoms with E-state index in [0.29, 0.717) is 25.9 Å². The van der Waals surface area contributed by atoms with E-state index in [9.17, 15) is 13.8 Å². The summed E-state index contributed by atoms with van der Waals surface area (Å²) in [6, 6.07) is -0.428. The average Bonchev–Trinajstić information content (AvgIpc) is 2.41. The van der Waals surface area contributed by atoms with Crippen molar-refractivity contribution in [2.45, 2.75) is 38.0 Å². The fourth-order valence-corrected chi connectivity index (χ4v) is 2.16. The zero-order valence-electron chi connectivity index (χ0n) is 10.6. The van der Waals surface area contributed by atoms with Crippen molar-refractivity contribution in [3.63, 3.8) is 0 Å². The van der Waals surface area contributed by atoms with Crippen molar-refractivity contribution < 1.29 is 13.8 Å². The fraction of sp³-hybridized carbons (Fsp3) is 0.818. The molecule has 1 rings (SSSR count). The molecule has 0 bridgehead atoms. The Labute approximate surface area is 104 Å². The Morgan fingerprint density at radius 3 is 2.71 bits per heavy atom. The van der Waals surface area contributed by atoms with Crippen molar-refractivity contribution in [1.82, 2.24) is 10.2 Å². The van der Waals surface area contributed by atoms with Crippen molar-refractivity contribution in [3.05, 3.63) is 0 Å². The van der Waals surface area contributed by atoms with E-state index >= 15 is 0 Å². The Kier molecular flexibility index (Phi) is 5.11. The molecule has 2 amide bonds. The van der Waals surface area contributed by atoms with Gasteiger partial charge in [0.25, 0.3) is 0 Å². The van der Waals surface area contributed by atoms with Crippen molar-refractivity contribution in [3.8, 4) is 0 Å². The number of nitrogens with zero attached hydrogens (tertiary/aromatic N) is 1. The van der Waals surface area contributed by atoms with Gasteiger partial charge in [0, 0.05) is 41.8 Å². The minimum absolute atomic E-state index is 0.0596. The number of hydrogen-bond donors (Lipinski definition) is 1. The van der Waals surface area contributed by atoms with Crippen molar-refractivity contribution in [2.75, 3.05) is 19.3 Å². The van der Waals surface area contributed by atoms with E-state index in [1.54, 1.807) is 11.2 Å². The fourth-order valence-electron chi connectivity index (χ4n) is 1.77. The van der Waals surface area contributed by atoms with Crippen LogP contribution in [-0.2, 0) is 20.4 Å². The van der Waals surface area contributed by atoms with Crippen molar-refractivity contribution >= 4 is 22.6 Å². The minimum atomic E-state index is -0.954. The van der Waals surface area contributed by atoms with Crippen LogP contribution in [0.15, 0.2) is 0 Å². The summed E-state index contributed by atoms with van der Waals surface area (Å²) in [5.74, 6) is -0.145. The number of amides is 2. The predicted molar refractivity (Wildman–Crippen MR) is 66.9 cm³/mol. The molecule has 5 nitrogen and oxygen atoms in total. The topological polar surface area (TPSA) is 66.5 Å². The third-order valence-corrected chi connectivity index (χ3v) is 4.29. The summed E-state index contributed by atoms with van der Waals surface area (Å²) in [4.78, 5) is 25.2. The molecule has 17 heavy (non-hydrogen) atoms. The Morgan fingerprint density at radius 2 is 2.18 bits per heavy atom. The van der Waals surface area contributed by atoms with E-state index in [2.05, 4.69) is 5.32 Å². The highest BCUT2D eigenvalue weighted by molar-refractivity contribution is 7.84. The number of carbonyl (C=O) groups excluding carboxylic acids is 2. The van der Waals surface area contributed by atoms with Gasteiger partial charge in [-0.1, -0.05) is 6.92 Å². The molecular weight excluding hydrogens is 240 g/mol. The van der Waals surface area contributed by atoms with Gasteiger partial charge in [-0.05, 0) is 13.3 Å². The molecule has 0 saturated carbocycles. The molecule has 1 fully saturated rings. The van der Waals surface area contributed by atoms with E-state index in [4.69, 9.17) is 0 Å².